The van der Waals surface area contributed by atoms with E-state index in [0.29, 0.717) is 26.1 Å². The van der Waals surface area contributed by atoms with Crippen molar-refractivity contribution in [3.8, 4) is 0 Å². The lowest BCUT2D eigenvalue weighted by Gasteiger charge is -2.27. The van der Waals surface area contributed by atoms with Crippen LogP contribution >= 0.6 is 23.5 Å². The second kappa shape index (κ2) is 14.1. The molecule has 0 radical (unpaired) electrons. The number of ether oxygens (including phenoxy) is 2. The summed E-state index contributed by atoms with van der Waals surface area (Å²) in [4.78, 5) is 12.9. The molecular weight excluding hydrogens is 452 g/mol. The molecule has 6 heteroatoms. The highest BCUT2D eigenvalue weighted by atomic mass is 32.2. The van der Waals surface area contributed by atoms with Gasteiger partial charge in [-0.25, -0.2) is 0 Å². The first-order chi connectivity index (χ1) is 16.1. The summed E-state index contributed by atoms with van der Waals surface area (Å²) in [5.41, 5.74) is 2.12. The second-order valence-electron chi connectivity index (χ2n) is 8.67. The first kappa shape index (κ1) is 26.1. The van der Waals surface area contributed by atoms with E-state index in [2.05, 4.69) is 19.1 Å². The van der Waals surface area contributed by atoms with Gasteiger partial charge in [0.25, 0.3) is 0 Å². The molecule has 180 valence electrons. The normalized spacial score (nSPS) is 16.9. The number of benzene rings is 2. The summed E-state index contributed by atoms with van der Waals surface area (Å²) < 4.78 is 11.5. The number of unbranched alkanes of at least 4 members (excludes halogenated alkanes) is 1. The SMILES string of the molecule is CC1(CC[C@H](C(=O)OCc2ccccc2)[C@H](O)CCCCOCc2ccccc2)SCCS1. The summed E-state index contributed by atoms with van der Waals surface area (Å²) in [7, 11) is 0. The van der Waals surface area contributed by atoms with Crippen molar-refractivity contribution in [1.82, 2.24) is 0 Å². The molecule has 0 saturated carbocycles. The van der Waals surface area contributed by atoms with E-state index in [9.17, 15) is 9.90 Å². The average molecular weight is 489 g/mol. The molecule has 4 nitrogen and oxygen atoms in total. The first-order valence-corrected chi connectivity index (χ1v) is 13.8. The minimum absolute atomic E-state index is 0.128. The summed E-state index contributed by atoms with van der Waals surface area (Å²) >= 11 is 3.92. The average Bonchev–Trinajstić information content (AvgIpc) is 3.28. The molecule has 0 unspecified atom stereocenters. The number of rotatable bonds is 14. The molecule has 0 aromatic heterocycles. The van der Waals surface area contributed by atoms with Gasteiger partial charge in [-0.05, 0) is 50.2 Å². The minimum atomic E-state index is -0.692. The largest absolute Gasteiger partial charge is 0.461 e. The summed E-state index contributed by atoms with van der Waals surface area (Å²) in [6, 6.07) is 19.8. The second-order valence-corrected chi connectivity index (χ2v) is 12.1. The highest BCUT2D eigenvalue weighted by Gasteiger charge is 2.35. The van der Waals surface area contributed by atoms with Crippen LogP contribution in [0.5, 0.6) is 0 Å². The van der Waals surface area contributed by atoms with Crippen LogP contribution in [0.15, 0.2) is 60.7 Å². The van der Waals surface area contributed by atoms with E-state index < -0.39 is 12.0 Å². The molecule has 0 bridgehead atoms. The van der Waals surface area contributed by atoms with Crippen LogP contribution in [0.3, 0.4) is 0 Å². The van der Waals surface area contributed by atoms with Gasteiger partial charge in [-0.1, -0.05) is 60.7 Å². The molecule has 3 rings (SSSR count). The van der Waals surface area contributed by atoms with E-state index in [1.165, 1.54) is 0 Å². The van der Waals surface area contributed by atoms with Gasteiger partial charge < -0.3 is 14.6 Å². The molecule has 2 aromatic rings. The Balaban J connectivity index is 1.44. The van der Waals surface area contributed by atoms with Gasteiger partial charge in [0.15, 0.2) is 0 Å². The van der Waals surface area contributed by atoms with Crippen molar-refractivity contribution in [1.29, 1.82) is 0 Å². The Morgan fingerprint density at radius 2 is 1.55 bits per heavy atom. The summed E-state index contributed by atoms with van der Waals surface area (Å²) in [5, 5.41) is 10.9. The van der Waals surface area contributed by atoms with Crippen LogP contribution < -0.4 is 0 Å². The number of aliphatic hydroxyl groups is 1. The fraction of sp³-hybridized carbons (Fsp3) is 0.519. The van der Waals surface area contributed by atoms with Gasteiger partial charge in [0, 0.05) is 18.1 Å². The van der Waals surface area contributed by atoms with E-state index in [4.69, 9.17) is 9.47 Å². The maximum atomic E-state index is 12.9. The fourth-order valence-electron chi connectivity index (χ4n) is 3.94. The minimum Gasteiger partial charge on any atom is -0.461 e. The summed E-state index contributed by atoms with van der Waals surface area (Å²) in [6.07, 6.45) is 3.11. The predicted molar refractivity (Wildman–Crippen MR) is 138 cm³/mol. The van der Waals surface area contributed by atoms with E-state index in [1.807, 2.05) is 72.1 Å². The number of aliphatic hydroxyl groups excluding tert-OH is 1. The van der Waals surface area contributed by atoms with Crippen molar-refractivity contribution < 1.29 is 19.4 Å². The molecule has 2 aromatic carbocycles. The van der Waals surface area contributed by atoms with E-state index in [1.54, 1.807) is 0 Å². The number of thioether (sulfide) groups is 2. The number of hydrogen-bond donors (Lipinski definition) is 1. The maximum absolute atomic E-state index is 12.9. The molecule has 1 fully saturated rings. The molecule has 1 N–H and O–H groups in total. The molecule has 1 aliphatic rings. The maximum Gasteiger partial charge on any atom is 0.311 e. The Hall–Kier alpha value is -1.47. The van der Waals surface area contributed by atoms with Gasteiger partial charge in [-0.2, -0.15) is 0 Å². The van der Waals surface area contributed by atoms with Crippen molar-refractivity contribution in [3.05, 3.63) is 71.8 Å². The lowest BCUT2D eigenvalue weighted by Crippen LogP contribution is -2.31. The number of hydrogen-bond acceptors (Lipinski definition) is 6. The Bertz CT molecular complexity index is 809. The Labute approximate surface area is 206 Å². The van der Waals surface area contributed by atoms with Crippen molar-refractivity contribution in [3.63, 3.8) is 0 Å². The quantitative estimate of drug-likeness (QED) is 0.257. The molecular formula is C27H36O4S2. The standard InChI is InChI=1S/C27H36O4S2/c1-27(32-18-19-33-27)16-15-24(26(29)31-21-23-12-6-3-7-13-23)25(28)14-8-9-17-30-20-22-10-4-2-5-11-22/h2-7,10-13,24-25,28H,8-9,14-21H2,1H3/t24-,25+/m0/s1. The van der Waals surface area contributed by atoms with Crippen LogP contribution in [0, 0.1) is 5.92 Å². The Kier molecular flexibility index (Phi) is 11.1. The van der Waals surface area contributed by atoms with Gasteiger partial charge in [-0.15, -0.1) is 23.5 Å². The van der Waals surface area contributed by atoms with Crippen LogP contribution in [0.4, 0.5) is 0 Å². The zero-order chi connectivity index (χ0) is 23.4. The molecule has 2 atom stereocenters. The lowest BCUT2D eigenvalue weighted by molar-refractivity contribution is -0.154. The third-order valence-corrected chi connectivity index (χ3v) is 9.36. The van der Waals surface area contributed by atoms with E-state index in [-0.39, 0.29) is 16.7 Å². The molecule has 0 amide bonds. The van der Waals surface area contributed by atoms with Crippen molar-refractivity contribution in [2.45, 2.75) is 62.4 Å². The van der Waals surface area contributed by atoms with Crippen LogP contribution in [0.25, 0.3) is 0 Å². The molecule has 33 heavy (non-hydrogen) atoms. The summed E-state index contributed by atoms with van der Waals surface area (Å²) in [5.74, 6) is 1.52. The van der Waals surface area contributed by atoms with Crippen LogP contribution in [-0.2, 0) is 27.5 Å². The number of carbonyl (C=O) groups excluding carboxylic acids is 1. The van der Waals surface area contributed by atoms with E-state index in [0.717, 1.165) is 41.9 Å². The fourth-order valence-corrected chi connectivity index (χ4v) is 6.83. The van der Waals surface area contributed by atoms with Gasteiger partial charge in [0.2, 0.25) is 0 Å². The number of carbonyl (C=O) groups is 1. The molecule has 0 spiro atoms. The highest BCUT2D eigenvalue weighted by Crippen LogP contribution is 2.47. The number of esters is 1. The molecule has 1 aliphatic heterocycles. The zero-order valence-corrected chi connectivity index (χ0v) is 21.1. The third kappa shape index (κ3) is 9.36. The van der Waals surface area contributed by atoms with Crippen molar-refractivity contribution in [2.75, 3.05) is 18.1 Å². The van der Waals surface area contributed by atoms with Crippen molar-refractivity contribution >= 4 is 29.5 Å². The monoisotopic (exact) mass is 488 g/mol. The Morgan fingerprint density at radius 3 is 2.18 bits per heavy atom. The summed E-state index contributed by atoms with van der Waals surface area (Å²) in [6.45, 7) is 3.75. The Morgan fingerprint density at radius 1 is 0.939 bits per heavy atom. The topological polar surface area (TPSA) is 55.8 Å². The smallest absolute Gasteiger partial charge is 0.311 e. The van der Waals surface area contributed by atoms with Gasteiger partial charge in [-0.3, -0.25) is 4.79 Å². The zero-order valence-electron chi connectivity index (χ0n) is 19.5. The van der Waals surface area contributed by atoms with Gasteiger partial charge in [0.1, 0.15) is 6.61 Å². The molecule has 0 aliphatic carbocycles. The predicted octanol–water partition coefficient (Wildman–Crippen LogP) is 6.07. The van der Waals surface area contributed by atoms with Crippen LogP contribution in [-0.4, -0.2) is 39.4 Å². The lowest BCUT2D eigenvalue weighted by atomic mass is 9.92. The van der Waals surface area contributed by atoms with Gasteiger partial charge in [0.05, 0.1) is 22.7 Å². The van der Waals surface area contributed by atoms with Crippen molar-refractivity contribution in [2.24, 2.45) is 5.92 Å². The first-order valence-electron chi connectivity index (χ1n) is 11.8. The highest BCUT2D eigenvalue weighted by molar-refractivity contribution is 8.21. The third-order valence-electron chi connectivity index (χ3n) is 5.95. The van der Waals surface area contributed by atoms with Crippen LogP contribution in [0.2, 0.25) is 0 Å². The van der Waals surface area contributed by atoms with Gasteiger partial charge >= 0.3 is 5.97 Å². The molecule has 1 saturated heterocycles. The molecule has 1 heterocycles. The van der Waals surface area contributed by atoms with Crippen LogP contribution in [0.1, 0.15) is 50.2 Å². The van der Waals surface area contributed by atoms with E-state index >= 15 is 0 Å².